The SMILES string of the molecule is O=C(NC[C@H](O)c1ccc2c(c1)CCO2)Nc1c(F)cccc1F. The van der Waals surface area contributed by atoms with Crippen LogP contribution in [0.4, 0.5) is 19.3 Å². The van der Waals surface area contributed by atoms with Gasteiger partial charge in [-0.15, -0.1) is 0 Å². The molecular formula is C17H16F2N2O3. The van der Waals surface area contributed by atoms with Crippen molar-refractivity contribution in [3.63, 3.8) is 0 Å². The number of amides is 2. The lowest BCUT2D eigenvalue weighted by atomic mass is 10.0. The standard InChI is InChI=1S/C17H16F2N2O3/c18-12-2-1-3-13(19)16(12)21-17(23)20-9-14(22)10-4-5-15-11(8-10)6-7-24-15/h1-5,8,14,22H,6-7,9H2,(H2,20,21,23)/t14-/m0/s1. The Hall–Kier alpha value is -2.67. The van der Waals surface area contributed by atoms with E-state index in [1.807, 2.05) is 6.07 Å². The highest BCUT2D eigenvalue weighted by atomic mass is 19.1. The minimum atomic E-state index is -0.938. The first-order chi connectivity index (χ1) is 11.5. The maximum atomic E-state index is 13.5. The first-order valence-electron chi connectivity index (χ1n) is 7.47. The molecule has 0 bridgehead atoms. The van der Waals surface area contributed by atoms with Crippen molar-refractivity contribution in [3.8, 4) is 5.75 Å². The number of para-hydroxylation sites is 1. The molecule has 0 saturated heterocycles. The molecule has 0 saturated carbocycles. The molecule has 1 atom stereocenters. The highest BCUT2D eigenvalue weighted by molar-refractivity contribution is 5.89. The molecule has 126 valence electrons. The molecule has 2 aromatic rings. The van der Waals surface area contributed by atoms with Crippen molar-refractivity contribution >= 4 is 11.7 Å². The van der Waals surface area contributed by atoms with E-state index in [9.17, 15) is 18.7 Å². The van der Waals surface area contributed by atoms with Crippen molar-refractivity contribution in [2.75, 3.05) is 18.5 Å². The molecule has 0 spiro atoms. The van der Waals surface area contributed by atoms with Crippen LogP contribution in [-0.2, 0) is 6.42 Å². The molecule has 0 aromatic heterocycles. The van der Waals surface area contributed by atoms with Crippen molar-refractivity contribution in [2.45, 2.75) is 12.5 Å². The number of urea groups is 1. The zero-order valence-corrected chi connectivity index (χ0v) is 12.7. The fourth-order valence-electron chi connectivity index (χ4n) is 2.50. The third-order valence-electron chi connectivity index (χ3n) is 3.76. The molecule has 0 aliphatic carbocycles. The van der Waals surface area contributed by atoms with Crippen LogP contribution < -0.4 is 15.4 Å². The topological polar surface area (TPSA) is 70.6 Å². The number of carbonyl (C=O) groups is 1. The summed E-state index contributed by atoms with van der Waals surface area (Å²) in [5.41, 5.74) is 1.11. The molecular weight excluding hydrogens is 318 g/mol. The van der Waals surface area contributed by atoms with E-state index in [4.69, 9.17) is 4.74 Å². The number of fused-ring (bicyclic) bond motifs is 1. The van der Waals surface area contributed by atoms with Crippen molar-refractivity contribution in [2.24, 2.45) is 0 Å². The van der Waals surface area contributed by atoms with E-state index in [-0.39, 0.29) is 6.54 Å². The number of rotatable bonds is 4. The van der Waals surface area contributed by atoms with Crippen LogP contribution >= 0.6 is 0 Å². The second-order valence-electron chi connectivity index (χ2n) is 5.41. The van der Waals surface area contributed by atoms with Gasteiger partial charge < -0.3 is 20.5 Å². The summed E-state index contributed by atoms with van der Waals surface area (Å²) in [6.07, 6.45) is -0.164. The van der Waals surface area contributed by atoms with Gasteiger partial charge in [-0.2, -0.15) is 0 Å². The van der Waals surface area contributed by atoms with Gasteiger partial charge >= 0.3 is 6.03 Å². The molecule has 0 fully saturated rings. The smallest absolute Gasteiger partial charge is 0.319 e. The zero-order valence-electron chi connectivity index (χ0n) is 12.7. The van der Waals surface area contributed by atoms with Crippen molar-refractivity contribution < 1.29 is 23.4 Å². The molecule has 2 aromatic carbocycles. The average molecular weight is 334 g/mol. The summed E-state index contributed by atoms with van der Waals surface area (Å²) in [4.78, 5) is 11.8. The Kier molecular flexibility index (Phi) is 4.61. The largest absolute Gasteiger partial charge is 0.493 e. The fraction of sp³-hybridized carbons (Fsp3) is 0.235. The predicted octanol–water partition coefficient (Wildman–Crippen LogP) is 2.75. The quantitative estimate of drug-likeness (QED) is 0.805. The summed E-state index contributed by atoms with van der Waals surface area (Å²) in [6.45, 7) is 0.519. The van der Waals surface area contributed by atoms with Crippen LogP contribution in [-0.4, -0.2) is 24.3 Å². The van der Waals surface area contributed by atoms with Gasteiger partial charge in [0, 0.05) is 13.0 Å². The Morgan fingerprint density at radius 3 is 2.75 bits per heavy atom. The first-order valence-corrected chi connectivity index (χ1v) is 7.47. The summed E-state index contributed by atoms with van der Waals surface area (Å²) >= 11 is 0. The normalized spacial score (nSPS) is 13.8. The lowest BCUT2D eigenvalue weighted by Crippen LogP contribution is -2.33. The molecule has 0 unspecified atom stereocenters. The minimum absolute atomic E-state index is 0.0957. The summed E-state index contributed by atoms with van der Waals surface area (Å²) in [5.74, 6) is -0.944. The van der Waals surface area contributed by atoms with E-state index in [0.29, 0.717) is 12.2 Å². The van der Waals surface area contributed by atoms with Crippen LogP contribution in [0.1, 0.15) is 17.2 Å². The van der Waals surface area contributed by atoms with Gasteiger partial charge in [-0.3, -0.25) is 0 Å². The van der Waals surface area contributed by atoms with E-state index >= 15 is 0 Å². The van der Waals surface area contributed by atoms with Crippen molar-refractivity contribution in [3.05, 3.63) is 59.2 Å². The summed E-state index contributed by atoms with van der Waals surface area (Å²) in [7, 11) is 0. The van der Waals surface area contributed by atoms with Gasteiger partial charge in [-0.1, -0.05) is 12.1 Å². The Labute approximate surface area is 137 Å². The van der Waals surface area contributed by atoms with E-state index in [2.05, 4.69) is 10.6 Å². The number of halogens is 2. The van der Waals surface area contributed by atoms with E-state index < -0.39 is 29.5 Å². The third-order valence-corrected chi connectivity index (χ3v) is 3.76. The van der Waals surface area contributed by atoms with Gasteiger partial charge in [0.25, 0.3) is 0 Å². The second-order valence-corrected chi connectivity index (χ2v) is 5.41. The zero-order chi connectivity index (χ0) is 17.1. The molecule has 7 heteroatoms. The summed E-state index contributed by atoms with van der Waals surface area (Å²) < 4.78 is 32.3. The molecule has 3 rings (SSSR count). The fourth-order valence-corrected chi connectivity index (χ4v) is 2.50. The molecule has 5 nitrogen and oxygen atoms in total. The van der Waals surface area contributed by atoms with Gasteiger partial charge in [-0.25, -0.2) is 13.6 Å². The average Bonchev–Trinajstić information content (AvgIpc) is 3.03. The Morgan fingerprint density at radius 2 is 2.00 bits per heavy atom. The summed E-state index contributed by atoms with van der Waals surface area (Å²) in [6, 6.07) is 7.79. The molecule has 1 heterocycles. The number of carbonyl (C=O) groups excluding carboxylic acids is 1. The van der Waals surface area contributed by atoms with Crippen LogP contribution in [0, 0.1) is 11.6 Å². The number of hydrogen-bond donors (Lipinski definition) is 3. The van der Waals surface area contributed by atoms with Gasteiger partial charge in [-0.05, 0) is 35.4 Å². The number of aliphatic hydroxyl groups excluding tert-OH is 1. The minimum Gasteiger partial charge on any atom is -0.493 e. The van der Waals surface area contributed by atoms with Crippen LogP contribution in [0.3, 0.4) is 0 Å². The number of ether oxygens (including phenoxy) is 1. The van der Waals surface area contributed by atoms with E-state index in [0.717, 1.165) is 29.9 Å². The van der Waals surface area contributed by atoms with Crippen LogP contribution in [0.2, 0.25) is 0 Å². The van der Waals surface area contributed by atoms with Gasteiger partial charge in [0.2, 0.25) is 0 Å². The van der Waals surface area contributed by atoms with Gasteiger partial charge in [0.1, 0.15) is 23.1 Å². The first kappa shape index (κ1) is 16.2. The third kappa shape index (κ3) is 3.46. The highest BCUT2D eigenvalue weighted by Gasteiger charge is 2.17. The lowest BCUT2D eigenvalue weighted by Gasteiger charge is -2.14. The second kappa shape index (κ2) is 6.84. The van der Waals surface area contributed by atoms with Crippen molar-refractivity contribution in [1.29, 1.82) is 0 Å². The molecule has 24 heavy (non-hydrogen) atoms. The Balaban J connectivity index is 1.58. The predicted molar refractivity (Wildman–Crippen MR) is 84.0 cm³/mol. The van der Waals surface area contributed by atoms with Crippen LogP contribution in [0.25, 0.3) is 0 Å². The molecule has 2 amide bonds. The van der Waals surface area contributed by atoms with Crippen LogP contribution in [0.15, 0.2) is 36.4 Å². The van der Waals surface area contributed by atoms with E-state index in [1.54, 1.807) is 12.1 Å². The Morgan fingerprint density at radius 1 is 1.25 bits per heavy atom. The number of benzene rings is 2. The maximum absolute atomic E-state index is 13.5. The van der Waals surface area contributed by atoms with E-state index in [1.165, 1.54) is 6.07 Å². The molecule has 0 radical (unpaired) electrons. The highest BCUT2D eigenvalue weighted by Crippen LogP contribution is 2.28. The number of hydrogen-bond acceptors (Lipinski definition) is 3. The van der Waals surface area contributed by atoms with Crippen LogP contribution in [0.5, 0.6) is 5.75 Å². The van der Waals surface area contributed by atoms with Gasteiger partial charge in [0.05, 0.1) is 12.7 Å². The Bertz CT molecular complexity index is 747. The molecule has 1 aliphatic rings. The number of aliphatic hydroxyl groups is 1. The number of nitrogens with one attached hydrogen (secondary N) is 2. The monoisotopic (exact) mass is 334 g/mol. The lowest BCUT2D eigenvalue weighted by molar-refractivity contribution is 0.175. The number of anilines is 1. The maximum Gasteiger partial charge on any atom is 0.319 e. The molecule has 3 N–H and O–H groups in total. The molecule has 1 aliphatic heterocycles. The van der Waals surface area contributed by atoms with Crippen molar-refractivity contribution in [1.82, 2.24) is 5.32 Å². The summed E-state index contributed by atoms with van der Waals surface area (Å²) in [5, 5.41) is 14.6. The van der Waals surface area contributed by atoms with Gasteiger partial charge in [0.15, 0.2) is 0 Å².